The zero-order valence-corrected chi connectivity index (χ0v) is 16.5. The molecule has 0 saturated heterocycles. The molecule has 138 valence electrons. The molecule has 0 saturated carbocycles. The fourth-order valence-corrected chi connectivity index (χ4v) is 3.44. The van der Waals surface area contributed by atoms with Crippen LogP contribution in [0.25, 0.3) is 22.3 Å². The predicted octanol–water partition coefficient (Wildman–Crippen LogP) is 4.68. The summed E-state index contributed by atoms with van der Waals surface area (Å²) < 4.78 is 7.38. The number of aromatic amines is 1. The van der Waals surface area contributed by atoms with Gasteiger partial charge in [0.05, 0.1) is 40.0 Å². The second-order valence-corrected chi connectivity index (χ2v) is 7.43. The summed E-state index contributed by atoms with van der Waals surface area (Å²) in [6.07, 6.45) is 2.05. The highest BCUT2D eigenvalue weighted by Gasteiger charge is 2.17. The first-order valence-corrected chi connectivity index (χ1v) is 9.11. The summed E-state index contributed by atoms with van der Waals surface area (Å²) in [5.41, 5.74) is 4.54. The molecule has 0 spiro atoms. The number of nitrogens with one attached hydrogen (secondary N) is 1. The molecular formula is C20H24ClN3O2. The van der Waals surface area contributed by atoms with Gasteiger partial charge in [-0.25, -0.2) is 4.98 Å². The van der Waals surface area contributed by atoms with Crippen LogP contribution in [0.5, 0.6) is 0 Å². The number of hydrogen-bond donors (Lipinski definition) is 1. The van der Waals surface area contributed by atoms with Gasteiger partial charge in [0, 0.05) is 19.0 Å². The van der Waals surface area contributed by atoms with E-state index in [-0.39, 0.29) is 17.5 Å². The lowest BCUT2D eigenvalue weighted by atomic mass is 10.1. The average molecular weight is 374 g/mol. The number of pyridine rings is 2. The molecule has 0 radical (unpaired) electrons. The maximum Gasteiger partial charge on any atom is 0.257 e. The Kier molecular flexibility index (Phi) is 5.21. The van der Waals surface area contributed by atoms with Crippen molar-refractivity contribution in [2.24, 2.45) is 0 Å². The molecule has 1 N–H and O–H groups in total. The molecule has 0 amide bonds. The van der Waals surface area contributed by atoms with E-state index in [9.17, 15) is 4.79 Å². The van der Waals surface area contributed by atoms with Gasteiger partial charge < -0.3 is 14.3 Å². The first-order valence-electron chi connectivity index (χ1n) is 8.73. The van der Waals surface area contributed by atoms with E-state index >= 15 is 0 Å². The highest BCUT2D eigenvalue weighted by atomic mass is 35.5. The zero-order valence-electron chi connectivity index (χ0n) is 15.8. The Morgan fingerprint density at radius 3 is 2.65 bits per heavy atom. The minimum Gasteiger partial charge on any atom is -0.383 e. The van der Waals surface area contributed by atoms with Gasteiger partial charge in [0.2, 0.25) is 0 Å². The second kappa shape index (κ2) is 7.25. The SMILES string of the molecule is COC[C@H](C)n1cc(C)c2nc(-c3ccc(C(C)C)[nH]c3=O)c(Cl)cc21. The second-order valence-electron chi connectivity index (χ2n) is 7.02. The summed E-state index contributed by atoms with van der Waals surface area (Å²) in [7, 11) is 1.69. The Bertz CT molecular complexity index is 1000. The monoisotopic (exact) mass is 373 g/mol. The van der Waals surface area contributed by atoms with Crippen molar-refractivity contribution in [1.29, 1.82) is 0 Å². The largest absolute Gasteiger partial charge is 0.383 e. The van der Waals surface area contributed by atoms with Crippen molar-refractivity contribution in [2.75, 3.05) is 13.7 Å². The van der Waals surface area contributed by atoms with Crippen molar-refractivity contribution in [3.63, 3.8) is 0 Å². The smallest absolute Gasteiger partial charge is 0.257 e. The predicted molar refractivity (Wildman–Crippen MR) is 106 cm³/mol. The number of hydrogen-bond acceptors (Lipinski definition) is 3. The molecule has 3 aromatic rings. The number of methoxy groups -OCH3 is 1. The van der Waals surface area contributed by atoms with E-state index < -0.39 is 0 Å². The summed E-state index contributed by atoms with van der Waals surface area (Å²) in [6, 6.07) is 5.76. The topological polar surface area (TPSA) is 59.9 Å². The number of nitrogens with zero attached hydrogens (tertiary/aromatic N) is 2. The van der Waals surface area contributed by atoms with Crippen LogP contribution in [0.4, 0.5) is 0 Å². The molecular weight excluding hydrogens is 350 g/mol. The summed E-state index contributed by atoms with van der Waals surface area (Å²) in [5.74, 6) is 0.251. The minimum atomic E-state index is -0.171. The van der Waals surface area contributed by atoms with Crippen molar-refractivity contribution < 1.29 is 4.74 Å². The zero-order chi connectivity index (χ0) is 19.0. The Hall–Kier alpha value is -2.11. The van der Waals surface area contributed by atoms with Crippen LogP contribution < -0.4 is 5.56 Å². The van der Waals surface area contributed by atoms with Crippen molar-refractivity contribution >= 4 is 22.6 Å². The van der Waals surface area contributed by atoms with Crippen LogP contribution in [0.1, 0.15) is 44.0 Å². The number of aryl methyl sites for hydroxylation is 1. The molecule has 26 heavy (non-hydrogen) atoms. The van der Waals surface area contributed by atoms with Crippen molar-refractivity contribution in [3.8, 4) is 11.3 Å². The first-order chi connectivity index (χ1) is 12.3. The van der Waals surface area contributed by atoms with Crippen LogP contribution in [-0.4, -0.2) is 28.3 Å². The number of fused-ring (bicyclic) bond motifs is 1. The number of aromatic nitrogens is 3. The first kappa shape index (κ1) is 18.7. The van der Waals surface area contributed by atoms with E-state index in [0.717, 1.165) is 22.3 Å². The molecule has 0 fully saturated rings. The Labute approximate surface area is 158 Å². The van der Waals surface area contributed by atoms with Gasteiger partial charge in [-0.15, -0.1) is 0 Å². The van der Waals surface area contributed by atoms with E-state index in [2.05, 4.69) is 16.5 Å². The van der Waals surface area contributed by atoms with Crippen LogP contribution in [0.3, 0.4) is 0 Å². The lowest BCUT2D eigenvalue weighted by molar-refractivity contribution is 0.164. The number of H-pyrrole nitrogens is 1. The molecule has 0 aliphatic carbocycles. The molecule has 3 rings (SSSR count). The van der Waals surface area contributed by atoms with Gasteiger partial charge in [0.15, 0.2) is 0 Å². The van der Waals surface area contributed by atoms with Crippen molar-refractivity contribution in [1.82, 2.24) is 14.5 Å². The normalized spacial score (nSPS) is 12.9. The standard InChI is InChI=1S/C20H24ClN3O2/c1-11(2)16-7-6-14(20(25)22-16)19-15(21)8-17-18(23-19)12(3)9-24(17)13(4)10-26-5/h6-9,11,13H,10H2,1-5H3,(H,22,25)/t13-/m0/s1. The van der Waals surface area contributed by atoms with Gasteiger partial charge in [0.25, 0.3) is 5.56 Å². The summed E-state index contributed by atoms with van der Waals surface area (Å²) in [5, 5.41) is 0.462. The van der Waals surface area contributed by atoms with Gasteiger partial charge in [-0.1, -0.05) is 25.4 Å². The highest BCUT2D eigenvalue weighted by molar-refractivity contribution is 6.33. The fourth-order valence-electron chi connectivity index (χ4n) is 3.19. The van der Waals surface area contributed by atoms with Gasteiger partial charge in [-0.2, -0.15) is 0 Å². The molecule has 0 aromatic carbocycles. The molecule has 1 atom stereocenters. The lowest BCUT2D eigenvalue weighted by Gasteiger charge is -2.14. The van der Waals surface area contributed by atoms with Crippen LogP contribution in [0, 0.1) is 6.92 Å². The molecule has 0 aliphatic heterocycles. The van der Waals surface area contributed by atoms with E-state index in [0.29, 0.717) is 22.9 Å². The molecule has 3 aromatic heterocycles. The Morgan fingerprint density at radius 2 is 2.04 bits per heavy atom. The average Bonchev–Trinajstić information content (AvgIpc) is 2.90. The molecule has 0 bridgehead atoms. The summed E-state index contributed by atoms with van der Waals surface area (Å²) >= 11 is 6.52. The van der Waals surface area contributed by atoms with E-state index in [1.165, 1.54) is 0 Å². The van der Waals surface area contributed by atoms with Crippen LogP contribution in [-0.2, 0) is 4.74 Å². The van der Waals surface area contributed by atoms with Gasteiger partial charge in [-0.05, 0) is 43.5 Å². The minimum absolute atomic E-state index is 0.161. The van der Waals surface area contributed by atoms with E-state index in [1.54, 1.807) is 13.2 Å². The quantitative estimate of drug-likeness (QED) is 0.706. The fraction of sp³-hybridized carbons (Fsp3) is 0.400. The van der Waals surface area contributed by atoms with Crippen molar-refractivity contribution in [3.05, 3.63) is 51.0 Å². The lowest BCUT2D eigenvalue weighted by Crippen LogP contribution is -2.13. The molecule has 0 aliphatic rings. The highest BCUT2D eigenvalue weighted by Crippen LogP contribution is 2.31. The van der Waals surface area contributed by atoms with Crippen LogP contribution in [0.15, 0.2) is 29.2 Å². The van der Waals surface area contributed by atoms with Crippen molar-refractivity contribution in [2.45, 2.75) is 39.7 Å². The molecule has 3 heterocycles. The van der Waals surface area contributed by atoms with Gasteiger partial charge in [0.1, 0.15) is 0 Å². The van der Waals surface area contributed by atoms with E-state index in [1.807, 2.05) is 39.1 Å². The third kappa shape index (κ3) is 3.29. The number of rotatable bonds is 5. The van der Waals surface area contributed by atoms with Crippen LogP contribution >= 0.6 is 11.6 Å². The third-order valence-corrected chi connectivity index (χ3v) is 4.92. The van der Waals surface area contributed by atoms with Crippen LogP contribution in [0.2, 0.25) is 5.02 Å². The maximum atomic E-state index is 12.5. The molecule has 6 heteroatoms. The van der Waals surface area contributed by atoms with Gasteiger partial charge >= 0.3 is 0 Å². The number of halogens is 1. The molecule has 0 unspecified atom stereocenters. The Morgan fingerprint density at radius 1 is 1.31 bits per heavy atom. The molecule has 5 nitrogen and oxygen atoms in total. The number of ether oxygens (including phenoxy) is 1. The summed E-state index contributed by atoms with van der Waals surface area (Å²) in [6.45, 7) is 8.76. The Balaban J connectivity index is 2.16. The van der Waals surface area contributed by atoms with Gasteiger partial charge in [-0.3, -0.25) is 4.79 Å². The summed E-state index contributed by atoms with van der Waals surface area (Å²) in [4.78, 5) is 20.2. The van der Waals surface area contributed by atoms with E-state index in [4.69, 9.17) is 21.3 Å². The third-order valence-electron chi connectivity index (χ3n) is 4.63. The maximum absolute atomic E-state index is 12.5.